The summed E-state index contributed by atoms with van der Waals surface area (Å²) in [4.78, 5) is 42.0. The number of nitrogens with zero attached hydrogens (tertiary/aromatic N) is 2. The lowest BCUT2D eigenvalue weighted by Crippen LogP contribution is -2.43. The summed E-state index contributed by atoms with van der Waals surface area (Å²) < 4.78 is 22.1. The molecule has 1 rings (SSSR count). The van der Waals surface area contributed by atoms with Crippen molar-refractivity contribution >= 4 is 17.8 Å². The molecule has 0 aromatic heterocycles. The Labute approximate surface area is 349 Å². The van der Waals surface area contributed by atoms with E-state index in [4.69, 9.17) is 18.9 Å². The normalized spacial score (nSPS) is 16.2. The minimum atomic E-state index is -0.234. The number of unbranched alkanes of at least 4 members (excludes halogenated alkanes) is 16. The van der Waals surface area contributed by atoms with Gasteiger partial charge < -0.3 is 23.8 Å². The van der Waals surface area contributed by atoms with Crippen LogP contribution in [0.25, 0.3) is 0 Å². The zero-order valence-corrected chi connectivity index (χ0v) is 36.9. The summed E-state index contributed by atoms with van der Waals surface area (Å²) in [6, 6.07) is 0. The molecule has 0 aromatic rings. The van der Waals surface area contributed by atoms with Crippen LogP contribution in [0.2, 0.25) is 0 Å². The molecule has 0 bridgehead atoms. The highest BCUT2D eigenvalue weighted by Gasteiger charge is 2.34. The van der Waals surface area contributed by atoms with E-state index in [2.05, 4.69) is 62.5 Å². The average molecular weight is 801 g/mol. The van der Waals surface area contributed by atoms with Gasteiger partial charge in [-0.2, -0.15) is 0 Å². The summed E-state index contributed by atoms with van der Waals surface area (Å²) in [7, 11) is 3.31. The van der Waals surface area contributed by atoms with Crippen molar-refractivity contribution in [1.82, 2.24) is 9.80 Å². The number of esters is 2. The van der Waals surface area contributed by atoms with Gasteiger partial charge in [-0.15, -0.1) is 0 Å². The molecule has 1 saturated heterocycles. The first kappa shape index (κ1) is 52.3. The summed E-state index contributed by atoms with van der Waals surface area (Å²) in [6.07, 6.45) is 43.7. The number of allylic oxidation sites excluding steroid dienone is 8. The summed E-state index contributed by atoms with van der Waals surface area (Å²) in [5.41, 5.74) is 0. The predicted molar refractivity (Wildman–Crippen MR) is 235 cm³/mol. The lowest BCUT2D eigenvalue weighted by molar-refractivity contribution is -0.148. The molecule has 1 heterocycles. The summed E-state index contributed by atoms with van der Waals surface area (Å²) in [6.45, 7) is 6.60. The van der Waals surface area contributed by atoms with Crippen molar-refractivity contribution in [2.45, 2.75) is 180 Å². The number of carbonyl (C=O) groups excluding carboxylic acids is 3. The molecule has 0 N–H and O–H groups in total. The van der Waals surface area contributed by atoms with Gasteiger partial charge >= 0.3 is 11.9 Å². The molecule has 1 fully saturated rings. The van der Waals surface area contributed by atoms with Crippen molar-refractivity contribution in [2.75, 3.05) is 60.2 Å². The monoisotopic (exact) mass is 801 g/mol. The maximum atomic E-state index is 13.4. The minimum Gasteiger partial charge on any atom is -0.464 e. The van der Waals surface area contributed by atoms with Gasteiger partial charge in [-0.05, 0) is 77.0 Å². The first-order valence-corrected chi connectivity index (χ1v) is 22.9. The van der Waals surface area contributed by atoms with Crippen LogP contribution >= 0.6 is 0 Å². The second-order valence-corrected chi connectivity index (χ2v) is 15.5. The van der Waals surface area contributed by atoms with Gasteiger partial charge in [0.1, 0.15) is 13.2 Å². The summed E-state index contributed by atoms with van der Waals surface area (Å²) >= 11 is 0. The van der Waals surface area contributed by atoms with Crippen LogP contribution in [0.1, 0.15) is 168 Å². The maximum absolute atomic E-state index is 13.4. The molecule has 0 saturated carbocycles. The van der Waals surface area contributed by atoms with Gasteiger partial charge in [0, 0.05) is 40.2 Å². The topological polar surface area (TPSA) is 94.6 Å². The zero-order chi connectivity index (χ0) is 41.4. The standard InChI is InChI=1S/C48H84N2O7/c1-5-7-9-11-13-15-17-19-21-23-25-27-29-31-33-35-47(52)56-39-37-50(46(51)43-49-41-44(54-3)45(42-49)55-4)38-40-57-48(53)36-34-32-30-28-26-24-22-20-18-16-14-12-10-8-6-2/h13-16,19-22,44-45H,5-12,17-18,23-43H2,1-4H3/b15-13-,16-14-,21-19-,22-20-/t44-,45+. The van der Waals surface area contributed by atoms with E-state index in [1.807, 2.05) is 4.90 Å². The number of amides is 1. The van der Waals surface area contributed by atoms with Gasteiger partial charge in [-0.3, -0.25) is 19.3 Å². The average Bonchev–Trinajstić information content (AvgIpc) is 3.61. The Balaban J connectivity index is 2.30. The first-order chi connectivity index (χ1) is 27.9. The molecule has 57 heavy (non-hydrogen) atoms. The molecule has 9 heteroatoms. The molecule has 2 atom stereocenters. The molecule has 1 aliphatic heterocycles. The number of hydrogen-bond donors (Lipinski definition) is 0. The Bertz CT molecular complexity index is 1030. The lowest BCUT2D eigenvalue weighted by Gasteiger charge is -2.25. The second-order valence-electron chi connectivity index (χ2n) is 15.5. The molecule has 9 nitrogen and oxygen atoms in total. The van der Waals surface area contributed by atoms with Gasteiger partial charge in [0.25, 0.3) is 0 Å². The number of ether oxygens (including phenoxy) is 4. The maximum Gasteiger partial charge on any atom is 0.305 e. The van der Waals surface area contributed by atoms with E-state index in [1.54, 1.807) is 19.1 Å². The van der Waals surface area contributed by atoms with E-state index in [9.17, 15) is 14.4 Å². The predicted octanol–water partition coefficient (Wildman–Crippen LogP) is 10.9. The summed E-state index contributed by atoms with van der Waals surface area (Å²) in [5, 5.41) is 0. The first-order valence-electron chi connectivity index (χ1n) is 22.9. The molecule has 1 aliphatic rings. The van der Waals surface area contributed by atoms with Crippen LogP contribution in [-0.4, -0.2) is 100 Å². The van der Waals surface area contributed by atoms with E-state index in [0.29, 0.717) is 25.9 Å². The van der Waals surface area contributed by atoms with Gasteiger partial charge in [-0.25, -0.2) is 0 Å². The van der Waals surface area contributed by atoms with Crippen LogP contribution in [0.3, 0.4) is 0 Å². The SMILES string of the molecule is CCCCC/C=C\C/C=C\CCCCCCCC(=O)OCCN(CCOC(=O)CCCCCCC/C=C\C/C=C\CCCCC)C(=O)CN1C[C@H](OC)[C@H](OC)C1. The molecule has 0 unspecified atom stereocenters. The number of likely N-dealkylation sites (tertiary alicyclic amines) is 1. The van der Waals surface area contributed by atoms with Gasteiger partial charge in [0.05, 0.1) is 31.8 Å². The van der Waals surface area contributed by atoms with Gasteiger partial charge in [0.15, 0.2) is 0 Å². The second kappa shape index (κ2) is 38.8. The smallest absolute Gasteiger partial charge is 0.305 e. The zero-order valence-electron chi connectivity index (χ0n) is 36.9. The van der Waals surface area contributed by atoms with Gasteiger partial charge in [0.2, 0.25) is 5.91 Å². The molecule has 328 valence electrons. The molecule has 0 radical (unpaired) electrons. The third kappa shape index (κ3) is 30.9. The Morgan fingerprint density at radius 2 is 0.895 bits per heavy atom. The Morgan fingerprint density at radius 3 is 1.28 bits per heavy atom. The largest absolute Gasteiger partial charge is 0.464 e. The van der Waals surface area contributed by atoms with Crippen LogP contribution < -0.4 is 0 Å². The molecule has 0 aliphatic carbocycles. The van der Waals surface area contributed by atoms with E-state index in [1.165, 1.54) is 64.2 Å². The molecular weight excluding hydrogens is 717 g/mol. The lowest BCUT2D eigenvalue weighted by atomic mass is 10.1. The van der Waals surface area contributed by atoms with E-state index in [0.717, 1.165) is 77.0 Å². The molecule has 0 aromatic carbocycles. The fourth-order valence-corrected chi connectivity index (χ4v) is 6.90. The minimum absolute atomic E-state index is 0.0958. The number of carbonyl (C=O) groups is 3. The Morgan fingerprint density at radius 1 is 0.526 bits per heavy atom. The number of rotatable bonds is 38. The van der Waals surface area contributed by atoms with Crippen molar-refractivity contribution in [1.29, 1.82) is 0 Å². The van der Waals surface area contributed by atoms with Crippen LogP contribution in [-0.2, 0) is 33.3 Å². The third-order valence-corrected chi connectivity index (χ3v) is 10.5. The Kier molecular flexibility index (Phi) is 35.5. The van der Waals surface area contributed by atoms with Crippen molar-refractivity contribution in [2.24, 2.45) is 0 Å². The van der Waals surface area contributed by atoms with Crippen LogP contribution in [0.5, 0.6) is 0 Å². The van der Waals surface area contributed by atoms with Gasteiger partial charge in [-0.1, -0.05) is 127 Å². The van der Waals surface area contributed by atoms with Crippen LogP contribution in [0, 0.1) is 0 Å². The highest BCUT2D eigenvalue weighted by atomic mass is 16.5. The van der Waals surface area contributed by atoms with Crippen LogP contribution in [0.4, 0.5) is 0 Å². The number of methoxy groups -OCH3 is 2. The van der Waals surface area contributed by atoms with Crippen molar-refractivity contribution < 1.29 is 33.3 Å². The van der Waals surface area contributed by atoms with Crippen molar-refractivity contribution in [3.63, 3.8) is 0 Å². The quantitative estimate of drug-likeness (QED) is 0.0346. The highest BCUT2D eigenvalue weighted by Crippen LogP contribution is 2.16. The van der Waals surface area contributed by atoms with E-state index in [-0.39, 0.29) is 62.9 Å². The van der Waals surface area contributed by atoms with Crippen molar-refractivity contribution in [3.8, 4) is 0 Å². The fraction of sp³-hybridized carbons (Fsp3) is 0.771. The highest BCUT2D eigenvalue weighted by molar-refractivity contribution is 5.78. The summed E-state index contributed by atoms with van der Waals surface area (Å²) in [5.74, 6) is -0.569. The van der Waals surface area contributed by atoms with Crippen LogP contribution in [0.15, 0.2) is 48.6 Å². The van der Waals surface area contributed by atoms with E-state index < -0.39 is 0 Å². The molecule has 0 spiro atoms. The molecule has 1 amide bonds. The Hall–Kier alpha value is -2.75. The van der Waals surface area contributed by atoms with Crippen molar-refractivity contribution in [3.05, 3.63) is 48.6 Å². The fourth-order valence-electron chi connectivity index (χ4n) is 6.90. The third-order valence-electron chi connectivity index (χ3n) is 10.5. The molecular formula is C48H84N2O7. The van der Waals surface area contributed by atoms with E-state index >= 15 is 0 Å². The number of hydrogen-bond acceptors (Lipinski definition) is 8.